The van der Waals surface area contributed by atoms with Gasteiger partial charge in [-0.15, -0.1) is 0 Å². The number of fused-ring (bicyclic) bond motifs is 3. The van der Waals surface area contributed by atoms with Crippen LogP contribution in [0, 0.1) is 5.82 Å². The highest BCUT2D eigenvalue weighted by Crippen LogP contribution is 2.44. The molecule has 0 radical (unpaired) electrons. The molecule has 0 aliphatic heterocycles. The summed E-state index contributed by atoms with van der Waals surface area (Å²) in [6.07, 6.45) is -0.816. The van der Waals surface area contributed by atoms with Crippen molar-refractivity contribution in [1.29, 1.82) is 0 Å². The van der Waals surface area contributed by atoms with Gasteiger partial charge in [-0.05, 0) is 47.4 Å². The van der Waals surface area contributed by atoms with Crippen molar-refractivity contribution in [3.05, 3.63) is 89.2 Å². The molecule has 0 unspecified atom stereocenters. The highest BCUT2D eigenvalue weighted by Gasteiger charge is 2.29. The molecule has 1 aliphatic carbocycles. The SMILES string of the molecule is C[C@@H](NC(=O)c1cc(F)ccc1NC(=O)OCC1c2ccccc2-c2ccccc21)C(=O)O. The van der Waals surface area contributed by atoms with Gasteiger partial charge in [-0.25, -0.2) is 9.18 Å². The van der Waals surface area contributed by atoms with Gasteiger partial charge in [-0.1, -0.05) is 48.5 Å². The normalized spacial score (nSPS) is 12.9. The quantitative estimate of drug-likeness (QED) is 0.519. The Bertz CT molecular complexity index is 1200. The Morgan fingerprint density at radius 3 is 2.21 bits per heavy atom. The summed E-state index contributed by atoms with van der Waals surface area (Å²) < 4.78 is 19.2. The van der Waals surface area contributed by atoms with Gasteiger partial charge in [-0.2, -0.15) is 0 Å². The van der Waals surface area contributed by atoms with Gasteiger partial charge in [0.2, 0.25) is 0 Å². The smallest absolute Gasteiger partial charge is 0.411 e. The Balaban J connectivity index is 1.48. The molecule has 3 N–H and O–H groups in total. The van der Waals surface area contributed by atoms with Crippen molar-refractivity contribution >= 4 is 23.7 Å². The van der Waals surface area contributed by atoms with Gasteiger partial charge in [0, 0.05) is 5.92 Å². The molecule has 0 saturated carbocycles. The van der Waals surface area contributed by atoms with Gasteiger partial charge in [-0.3, -0.25) is 14.9 Å². The molecule has 7 nitrogen and oxygen atoms in total. The zero-order valence-electron chi connectivity index (χ0n) is 17.7. The number of carbonyl (C=O) groups excluding carboxylic acids is 2. The van der Waals surface area contributed by atoms with Crippen molar-refractivity contribution in [2.75, 3.05) is 11.9 Å². The van der Waals surface area contributed by atoms with Crippen LogP contribution in [0.4, 0.5) is 14.9 Å². The molecule has 33 heavy (non-hydrogen) atoms. The van der Waals surface area contributed by atoms with Crippen molar-refractivity contribution in [2.45, 2.75) is 18.9 Å². The first-order valence-corrected chi connectivity index (χ1v) is 10.3. The molecule has 168 valence electrons. The second kappa shape index (κ2) is 9.12. The van der Waals surface area contributed by atoms with E-state index in [9.17, 15) is 18.8 Å². The van der Waals surface area contributed by atoms with Gasteiger partial charge in [0.1, 0.15) is 18.5 Å². The average molecular weight is 448 g/mol. The number of halogens is 1. The predicted octanol–water partition coefficient (Wildman–Crippen LogP) is 4.39. The van der Waals surface area contributed by atoms with Gasteiger partial charge < -0.3 is 15.2 Å². The lowest BCUT2D eigenvalue weighted by molar-refractivity contribution is -0.138. The number of benzene rings is 3. The molecular weight excluding hydrogens is 427 g/mol. The van der Waals surface area contributed by atoms with Gasteiger partial charge in [0.05, 0.1) is 11.3 Å². The molecule has 1 atom stereocenters. The second-order valence-corrected chi connectivity index (χ2v) is 7.67. The summed E-state index contributed by atoms with van der Waals surface area (Å²) in [6, 6.07) is 17.8. The molecule has 0 saturated heterocycles. The number of aliphatic carboxylic acids is 1. The zero-order chi connectivity index (χ0) is 23.5. The zero-order valence-corrected chi connectivity index (χ0v) is 17.7. The predicted molar refractivity (Wildman–Crippen MR) is 120 cm³/mol. The minimum absolute atomic E-state index is 0.00344. The van der Waals surface area contributed by atoms with Crippen LogP contribution in [0.2, 0.25) is 0 Å². The summed E-state index contributed by atoms with van der Waals surface area (Å²) in [4.78, 5) is 36.0. The minimum Gasteiger partial charge on any atom is -0.480 e. The largest absolute Gasteiger partial charge is 0.480 e. The number of ether oxygens (including phenoxy) is 1. The van der Waals surface area contributed by atoms with Crippen molar-refractivity contribution < 1.29 is 28.6 Å². The van der Waals surface area contributed by atoms with Crippen LogP contribution in [0.5, 0.6) is 0 Å². The van der Waals surface area contributed by atoms with E-state index in [2.05, 4.69) is 10.6 Å². The topological polar surface area (TPSA) is 105 Å². The van der Waals surface area contributed by atoms with Crippen LogP contribution in [-0.4, -0.2) is 35.7 Å². The van der Waals surface area contributed by atoms with Crippen LogP contribution in [0.3, 0.4) is 0 Å². The first-order valence-electron chi connectivity index (χ1n) is 10.3. The minimum atomic E-state index is -1.24. The third-order valence-electron chi connectivity index (χ3n) is 5.52. The molecule has 0 fully saturated rings. The number of hydrogen-bond acceptors (Lipinski definition) is 4. The Morgan fingerprint density at radius 2 is 1.61 bits per heavy atom. The van der Waals surface area contributed by atoms with E-state index >= 15 is 0 Å². The van der Waals surface area contributed by atoms with Crippen LogP contribution < -0.4 is 10.6 Å². The monoisotopic (exact) mass is 448 g/mol. The summed E-state index contributed by atoms with van der Waals surface area (Å²) in [5.74, 6) is -2.93. The molecule has 4 rings (SSSR count). The fourth-order valence-electron chi connectivity index (χ4n) is 3.89. The fourth-order valence-corrected chi connectivity index (χ4v) is 3.89. The maximum absolute atomic E-state index is 13.7. The molecule has 0 spiro atoms. The third kappa shape index (κ3) is 4.55. The van der Waals surface area contributed by atoms with Crippen LogP contribution in [-0.2, 0) is 9.53 Å². The first-order chi connectivity index (χ1) is 15.8. The first kappa shape index (κ1) is 22.0. The molecule has 0 heterocycles. The number of nitrogens with one attached hydrogen (secondary N) is 2. The van der Waals surface area contributed by atoms with E-state index < -0.39 is 29.8 Å². The Morgan fingerprint density at radius 1 is 1.00 bits per heavy atom. The third-order valence-corrected chi connectivity index (χ3v) is 5.52. The maximum atomic E-state index is 13.7. The van der Waals surface area contributed by atoms with E-state index in [-0.39, 0.29) is 23.8 Å². The number of carboxylic acids is 1. The van der Waals surface area contributed by atoms with Gasteiger partial charge >= 0.3 is 12.1 Å². The summed E-state index contributed by atoms with van der Waals surface area (Å²) in [5, 5.41) is 13.7. The molecule has 1 aliphatic rings. The van der Waals surface area contributed by atoms with Crippen molar-refractivity contribution in [3.8, 4) is 11.1 Å². The summed E-state index contributed by atoms with van der Waals surface area (Å²) >= 11 is 0. The number of anilines is 1. The van der Waals surface area contributed by atoms with E-state index in [0.29, 0.717) is 0 Å². The molecule has 8 heteroatoms. The number of hydrogen-bond donors (Lipinski definition) is 3. The molecular formula is C25H21FN2O5. The lowest BCUT2D eigenvalue weighted by Gasteiger charge is -2.16. The van der Waals surface area contributed by atoms with Gasteiger partial charge in [0.25, 0.3) is 5.91 Å². The molecule has 3 aromatic carbocycles. The average Bonchev–Trinajstić information content (AvgIpc) is 3.12. The fraction of sp³-hybridized carbons (Fsp3) is 0.160. The van der Waals surface area contributed by atoms with Crippen molar-refractivity contribution in [1.82, 2.24) is 5.32 Å². The van der Waals surface area contributed by atoms with Crippen LogP contribution in [0.1, 0.15) is 34.3 Å². The Hall–Kier alpha value is -4.20. The number of carbonyl (C=O) groups is 3. The van der Waals surface area contributed by atoms with E-state index in [4.69, 9.17) is 9.84 Å². The standard InChI is InChI=1S/C25H21FN2O5/c1-14(24(30)31)27-23(29)20-12-15(26)10-11-22(20)28-25(32)33-13-21-18-8-4-2-6-16(18)17-7-3-5-9-19(17)21/h2-12,14,21H,13H2,1H3,(H,27,29)(H,28,32)(H,30,31)/t14-/m1/s1. The van der Waals surface area contributed by atoms with Crippen LogP contribution >= 0.6 is 0 Å². The molecule has 3 aromatic rings. The van der Waals surface area contributed by atoms with E-state index in [1.807, 2.05) is 48.5 Å². The number of carboxylic acid groups (broad SMARTS) is 1. The molecule has 2 amide bonds. The Labute approximate surface area is 189 Å². The Kier molecular flexibility index (Phi) is 6.08. The number of rotatable bonds is 6. The summed E-state index contributed by atoms with van der Waals surface area (Å²) in [5.41, 5.74) is 4.08. The van der Waals surface area contributed by atoms with E-state index in [1.165, 1.54) is 13.0 Å². The van der Waals surface area contributed by atoms with E-state index in [1.54, 1.807) is 0 Å². The lowest BCUT2D eigenvalue weighted by Crippen LogP contribution is -2.38. The maximum Gasteiger partial charge on any atom is 0.411 e. The van der Waals surface area contributed by atoms with Crippen molar-refractivity contribution in [3.63, 3.8) is 0 Å². The lowest BCUT2D eigenvalue weighted by atomic mass is 9.98. The summed E-state index contributed by atoms with van der Waals surface area (Å²) in [7, 11) is 0. The van der Waals surface area contributed by atoms with Gasteiger partial charge in [0.15, 0.2) is 0 Å². The second-order valence-electron chi connectivity index (χ2n) is 7.67. The molecule has 0 bridgehead atoms. The summed E-state index contributed by atoms with van der Waals surface area (Å²) in [6.45, 7) is 1.34. The van der Waals surface area contributed by atoms with Crippen molar-refractivity contribution in [2.24, 2.45) is 0 Å². The van der Waals surface area contributed by atoms with Crippen LogP contribution in [0.25, 0.3) is 11.1 Å². The highest BCUT2D eigenvalue weighted by atomic mass is 19.1. The van der Waals surface area contributed by atoms with Crippen LogP contribution in [0.15, 0.2) is 66.7 Å². The highest BCUT2D eigenvalue weighted by molar-refractivity contribution is 6.03. The molecule has 0 aromatic heterocycles. The number of amides is 2. The van der Waals surface area contributed by atoms with E-state index in [0.717, 1.165) is 34.4 Å².